The van der Waals surface area contributed by atoms with Crippen LogP contribution in [0.2, 0.25) is 0 Å². The summed E-state index contributed by atoms with van der Waals surface area (Å²) in [7, 11) is -0.413. The third-order valence-electron chi connectivity index (χ3n) is 5.26. The highest BCUT2D eigenvalue weighted by Gasteiger charge is 2.19. The lowest BCUT2D eigenvalue weighted by Crippen LogP contribution is -2.30. The largest absolute Gasteiger partial charge is 0.356 e. The third-order valence-corrected chi connectivity index (χ3v) is 8.02. The second kappa shape index (κ2) is 8.16. The molecule has 1 saturated heterocycles. The fourth-order valence-corrected chi connectivity index (χ4v) is 4.77. The quantitative estimate of drug-likeness (QED) is 0.583. The smallest absolute Gasteiger partial charge is 0.242 e. The lowest BCUT2D eigenvalue weighted by molar-refractivity contribution is 0.521. The Balaban J connectivity index is 1.72. The number of rotatable bonds is 5. The van der Waals surface area contributed by atoms with E-state index in [9.17, 15) is 8.42 Å². The molecule has 0 aliphatic carbocycles. The minimum atomic E-state index is -3.46. The fraction of sp³-hybridized carbons (Fsp3) is 0.400. The summed E-state index contributed by atoms with van der Waals surface area (Å²) in [6.45, 7) is 3.92. The van der Waals surface area contributed by atoms with Gasteiger partial charge in [0, 0.05) is 38.9 Å². The van der Waals surface area contributed by atoms with E-state index in [1.54, 1.807) is 28.8 Å². The maximum absolute atomic E-state index is 12.3. The SMILES string of the molecule is Cc1nn2c(Nc3ccc(S(=O)(=O)N(C)C)cc3)cc(N3CCCCC3)nc2c1Br. The Bertz CT molecular complexity index is 1170. The molecule has 0 amide bonds. The van der Waals surface area contributed by atoms with Crippen LogP contribution in [0.4, 0.5) is 17.3 Å². The number of halogens is 1. The van der Waals surface area contributed by atoms with Crippen molar-refractivity contribution >= 4 is 48.9 Å². The molecule has 0 unspecified atom stereocenters. The highest BCUT2D eigenvalue weighted by Crippen LogP contribution is 2.30. The van der Waals surface area contributed by atoms with Crippen LogP contribution in [0, 0.1) is 6.92 Å². The molecule has 1 aromatic carbocycles. The molecule has 0 radical (unpaired) electrons. The molecule has 3 heterocycles. The molecule has 2 aromatic heterocycles. The Labute approximate surface area is 185 Å². The lowest BCUT2D eigenvalue weighted by atomic mass is 10.1. The minimum Gasteiger partial charge on any atom is -0.356 e. The number of aromatic nitrogens is 3. The van der Waals surface area contributed by atoms with Crippen LogP contribution in [-0.2, 0) is 10.0 Å². The van der Waals surface area contributed by atoms with Crippen LogP contribution in [0.3, 0.4) is 0 Å². The van der Waals surface area contributed by atoms with Crippen molar-refractivity contribution in [2.75, 3.05) is 37.4 Å². The molecule has 1 aliphatic rings. The summed E-state index contributed by atoms with van der Waals surface area (Å²) in [6, 6.07) is 8.72. The average molecular weight is 493 g/mol. The van der Waals surface area contributed by atoms with Crippen molar-refractivity contribution in [3.8, 4) is 0 Å². The van der Waals surface area contributed by atoms with Gasteiger partial charge in [0.25, 0.3) is 0 Å². The molecule has 1 fully saturated rings. The van der Waals surface area contributed by atoms with Gasteiger partial charge in [-0.3, -0.25) is 0 Å². The first-order chi connectivity index (χ1) is 14.3. The van der Waals surface area contributed by atoms with Gasteiger partial charge in [-0.1, -0.05) is 0 Å². The van der Waals surface area contributed by atoms with Crippen LogP contribution < -0.4 is 10.2 Å². The molecule has 10 heteroatoms. The van der Waals surface area contributed by atoms with E-state index < -0.39 is 10.0 Å². The third kappa shape index (κ3) is 3.91. The van der Waals surface area contributed by atoms with E-state index in [4.69, 9.17) is 4.98 Å². The summed E-state index contributed by atoms with van der Waals surface area (Å²) in [5, 5.41) is 7.98. The first-order valence-corrected chi connectivity index (χ1v) is 12.1. The number of aryl methyl sites for hydroxylation is 1. The molecule has 4 rings (SSSR count). The summed E-state index contributed by atoms with van der Waals surface area (Å²) in [5.41, 5.74) is 2.38. The second-order valence-corrected chi connectivity index (χ2v) is 10.6. The van der Waals surface area contributed by atoms with Crippen molar-refractivity contribution in [1.82, 2.24) is 18.9 Å². The van der Waals surface area contributed by atoms with Gasteiger partial charge in [-0.25, -0.2) is 17.7 Å². The summed E-state index contributed by atoms with van der Waals surface area (Å²) in [4.78, 5) is 7.40. The Hall–Kier alpha value is -2.17. The van der Waals surface area contributed by atoms with Gasteiger partial charge in [0.05, 0.1) is 15.1 Å². The van der Waals surface area contributed by atoms with Crippen LogP contribution in [0.15, 0.2) is 39.7 Å². The maximum Gasteiger partial charge on any atom is 0.242 e. The van der Waals surface area contributed by atoms with Crippen molar-refractivity contribution in [3.05, 3.63) is 40.5 Å². The molecule has 0 atom stereocenters. The molecular weight excluding hydrogens is 468 g/mol. The monoisotopic (exact) mass is 492 g/mol. The van der Waals surface area contributed by atoms with Gasteiger partial charge in [0.15, 0.2) is 5.65 Å². The van der Waals surface area contributed by atoms with Crippen molar-refractivity contribution in [1.29, 1.82) is 0 Å². The zero-order chi connectivity index (χ0) is 21.5. The van der Waals surface area contributed by atoms with Gasteiger partial charge in [-0.15, -0.1) is 0 Å². The van der Waals surface area contributed by atoms with E-state index in [1.165, 1.54) is 24.8 Å². The maximum atomic E-state index is 12.3. The van der Waals surface area contributed by atoms with Crippen molar-refractivity contribution in [2.24, 2.45) is 0 Å². The topological polar surface area (TPSA) is 82.8 Å². The summed E-state index contributed by atoms with van der Waals surface area (Å²) < 4.78 is 28.5. The van der Waals surface area contributed by atoms with Gasteiger partial charge in [0.2, 0.25) is 10.0 Å². The molecule has 0 saturated carbocycles. The zero-order valence-corrected chi connectivity index (χ0v) is 19.7. The molecule has 160 valence electrons. The first-order valence-electron chi connectivity index (χ1n) is 9.88. The van der Waals surface area contributed by atoms with E-state index >= 15 is 0 Å². The molecule has 1 aliphatic heterocycles. The Morgan fingerprint density at radius 3 is 2.40 bits per heavy atom. The van der Waals surface area contributed by atoms with Crippen molar-refractivity contribution < 1.29 is 8.42 Å². The number of nitrogens with zero attached hydrogens (tertiary/aromatic N) is 5. The number of sulfonamides is 1. The standard InChI is InChI=1S/C20H25BrN6O2S/c1-14-19(21)20-23-17(26-11-5-4-6-12-26)13-18(27(20)24-14)22-15-7-9-16(10-8-15)30(28,29)25(2)3/h7-10,13,22H,4-6,11-12H2,1-3H3. The molecule has 8 nitrogen and oxygen atoms in total. The number of piperidine rings is 1. The van der Waals surface area contributed by atoms with Crippen LogP contribution in [0.1, 0.15) is 25.0 Å². The van der Waals surface area contributed by atoms with Crippen LogP contribution >= 0.6 is 15.9 Å². The number of nitrogens with one attached hydrogen (secondary N) is 1. The number of fused-ring (bicyclic) bond motifs is 1. The normalized spacial score (nSPS) is 15.2. The Morgan fingerprint density at radius 2 is 1.77 bits per heavy atom. The van der Waals surface area contributed by atoms with Crippen LogP contribution in [0.5, 0.6) is 0 Å². The number of benzene rings is 1. The summed E-state index contributed by atoms with van der Waals surface area (Å²) in [5.74, 6) is 1.69. The van der Waals surface area contributed by atoms with Crippen LogP contribution in [-0.4, -0.2) is 54.5 Å². The lowest BCUT2D eigenvalue weighted by Gasteiger charge is -2.28. The van der Waals surface area contributed by atoms with E-state index in [-0.39, 0.29) is 4.90 Å². The number of anilines is 3. The van der Waals surface area contributed by atoms with Gasteiger partial charge in [-0.05, 0) is 66.4 Å². The molecule has 30 heavy (non-hydrogen) atoms. The van der Waals surface area contributed by atoms with Gasteiger partial charge >= 0.3 is 0 Å². The summed E-state index contributed by atoms with van der Waals surface area (Å²) in [6.07, 6.45) is 3.58. The highest BCUT2D eigenvalue weighted by molar-refractivity contribution is 9.10. The fourth-order valence-electron chi connectivity index (χ4n) is 3.53. The minimum absolute atomic E-state index is 0.254. The van der Waals surface area contributed by atoms with Gasteiger partial charge in [-0.2, -0.15) is 9.61 Å². The molecule has 0 bridgehead atoms. The van der Waals surface area contributed by atoms with Crippen LogP contribution in [0.25, 0.3) is 5.65 Å². The molecule has 0 spiro atoms. The first kappa shape index (κ1) is 21.1. The summed E-state index contributed by atoms with van der Waals surface area (Å²) >= 11 is 3.61. The second-order valence-electron chi connectivity index (χ2n) is 7.62. The van der Waals surface area contributed by atoms with E-state index in [2.05, 4.69) is 31.2 Å². The van der Waals surface area contributed by atoms with E-state index in [1.807, 2.05) is 13.0 Å². The predicted octanol–water partition coefficient (Wildman–Crippen LogP) is 3.78. The molecule has 3 aromatic rings. The highest BCUT2D eigenvalue weighted by atomic mass is 79.9. The Morgan fingerprint density at radius 1 is 1.10 bits per heavy atom. The Kier molecular flexibility index (Phi) is 5.73. The van der Waals surface area contributed by atoms with E-state index in [0.29, 0.717) is 0 Å². The van der Waals surface area contributed by atoms with Crippen molar-refractivity contribution in [3.63, 3.8) is 0 Å². The number of hydrogen-bond donors (Lipinski definition) is 1. The predicted molar refractivity (Wildman–Crippen MR) is 122 cm³/mol. The van der Waals surface area contributed by atoms with Gasteiger partial charge in [0.1, 0.15) is 11.6 Å². The van der Waals surface area contributed by atoms with Crippen molar-refractivity contribution in [2.45, 2.75) is 31.1 Å². The van der Waals surface area contributed by atoms with Gasteiger partial charge < -0.3 is 10.2 Å². The van der Waals surface area contributed by atoms with E-state index in [0.717, 1.165) is 59.1 Å². The number of hydrogen-bond acceptors (Lipinski definition) is 6. The average Bonchev–Trinajstić information content (AvgIpc) is 3.03. The zero-order valence-electron chi connectivity index (χ0n) is 17.3. The molecule has 1 N–H and O–H groups in total. The molecular formula is C20H25BrN6O2S.